The summed E-state index contributed by atoms with van der Waals surface area (Å²) in [7, 11) is 0. The molecule has 0 radical (unpaired) electrons. The highest BCUT2D eigenvalue weighted by molar-refractivity contribution is 6.30. The molecule has 4 rings (SSSR count). The van der Waals surface area contributed by atoms with Crippen LogP contribution in [0.1, 0.15) is 32.1 Å². The molecule has 0 spiro atoms. The molecule has 0 heterocycles. The SMILES string of the molecule is NC(=O)OC12CCC(NC(=O)COc3ccc(Cl)c(F)c3)(CC1)CC2=O. The monoisotopic (exact) mass is 384 g/mol. The third-order valence-electron chi connectivity index (χ3n) is 4.98. The molecular formula is C17H18ClFN2O5. The molecule has 3 N–H and O–H groups in total. The second kappa shape index (κ2) is 6.75. The van der Waals surface area contributed by atoms with Crippen molar-refractivity contribution in [3.05, 3.63) is 29.0 Å². The van der Waals surface area contributed by atoms with Gasteiger partial charge in [0.2, 0.25) is 0 Å². The van der Waals surface area contributed by atoms with Crippen LogP contribution in [0.4, 0.5) is 9.18 Å². The Kier molecular flexibility index (Phi) is 4.79. The van der Waals surface area contributed by atoms with Crippen LogP contribution in [0.3, 0.4) is 0 Å². The van der Waals surface area contributed by atoms with E-state index in [1.165, 1.54) is 12.1 Å². The summed E-state index contributed by atoms with van der Waals surface area (Å²) in [5.74, 6) is -1.12. The molecule has 0 atom stereocenters. The van der Waals surface area contributed by atoms with Crippen LogP contribution >= 0.6 is 11.6 Å². The topological polar surface area (TPSA) is 108 Å². The fraction of sp³-hybridized carbons (Fsp3) is 0.471. The van der Waals surface area contributed by atoms with Crippen molar-refractivity contribution in [3.63, 3.8) is 0 Å². The number of hydrogen-bond acceptors (Lipinski definition) is 5. The van der Waals surface area contributed by atoms with Gasteiger partial charge in [0.05, 0.1) is 5.02 Å². The van der Waals surface area contributed by atoms with Crippen LogP contribution in [0.15, 0.2) is 18.2 Å². The van der Waals surface area contributed by atoms with E-state index in [0.717, 1.165) is 6.07 Å². The summed E-state index contributed by atoms with van der Waals surface area (Å²) >= 11 is 5.59. The molecule has 0 aromatic heterocycles. The molecule has 0 unspecified atom stereocenters. The van der Waals surface area contributed by atoms with Gasteiger partial charge in [-0.2, -0.15) is 0 Å². The summed E-state index contributed by atoms with van der Waals surface area (Å²) in [4.78, 5) is 35.6. The van der Waals surface area contributed by atoms with Crippen LogP contribution in [0.2, 0.25) is 5.02 Å². The average Bonchev–Trinajstić information content (AvgIpc) is 2.57. The Morgan fingerprint density at radius 2 is 1.96 bits per heavy atom. The summed E-state index contributed by atoms with van der Waals surface area (Å²) in [6.07, 6.45) is 0.721. The van der Waals surface area contributed by atoms with E-state index >= 15 is 0 Å². The predicted octanol–water partition coefficient (Wildman–Crippen LogP) is 2.09. The lowest BCUT2D eigenvalue weighted by atomic mass is 9.62. The lowest BCUT2D eigenvalue weighted by molar-refractivity contribution is -0.155. The predicted molar refractivity (Wildman–Crippen MR) is 89.3 cm³/mol. The lowest BCUT2D eigenvalue weighted by Gasteiger charge is -2.51. The van der Waals surface area contributed by atoms with Crippen LogP contribution in [0.25, 0.3) is 0 Å². The molecule has 3 saturated carbocycles. The van der Waals surface area contributed by atoms with Crippen molar-refractivity contribution < 1.29 is 28.2 Å². The number of Topliss-reactive ketones (excluding diaryl/α,β-unsaturated/α-hetero) is 1. The first-order chi connectivity index (χ1) is 12.2. The zero-order valence-electron chi connectivity index (χ0n) is 13.8. The number of carbonyl (C=O) groups excluding carboxylic acids is 3. The van der Waals surface area contributed by atoms with Crippen LogP contribution in [0.5, 0.6) is 5.75 Å². The van der Waals surface area contributed by atoms with Crippen molar-refractivity contribution in [1.82, 2.24) is 5.32 Å². The van der Waals surface area contributed by atoms with Crippen molar-refractivity contribution >= 4 is 29.4 Å². The first kappa shape index (κ1) is 18.4. The first-order valence-corrected chi connectivity index (χ1v) is 8.52. The highest BCUT2D eigenvalue weighted by Gasteiger charge is 2.57. The van der Waals surface area contributed by atoms with Gasteiger partial charge in [0.15, 0.2) is 18.0 Å². The van der Waals surface area contributed by atoms with Gasteiger partial charge in [-0.25, -0.2) is 9.18 Å². The molecule has 7 nitrogen and oxygen atoms in total. The molecule has 0 aliphatic heterocycles. The molecule has 1 aromatic carbocycles. The number of fused-ring (bicyclic) bond motifs is 3. The van der Waals surface area contributed by atoms with Gasteiger partial charge in [0, 0.05) is 18.0 Å². The number of hydrogen-bond donors (Lipinski definition) is 2. The molecule has 9 heteroatoms. The minimum Gasteiger partial charge on any atom is -0.484 e. The normalized spacial score (nSPS) is 27.1. The molecule has 2 bridgehead atoms. The maximum atomic E-state index is 13.4. The van der Waals surface area contributed by atoms with Gasteiger partial charge < -0.3 is 20.5 Å². The van der Waals surface area contributed by atoms with E-state index in [0.29, 0.717) is 25.7 Å². The number of halogens is 2. The van der Waals surface area contributed by atoms with Crippen molar-refractivity contribution in [3.8, 4) is 5.75 Å². The van der Waals surface area contributed by atoms with Crippen molar-refractivity contribution in [2.75, 3.05) is 6.61 Å². The number of benzene rings is 1. The third kappa shape index (κ3) is 3.60. The standard InChI is InChI=1S/C17H18ClFN2O5/c18-11-2-1-10(7-12(11)19)25-9-14(23)21-16-3-5-17(6-4-16,13(22)8-16)26-15(20)24/h1-2,7H,3-6,8-9H2,(H2,20,24)(H,21,23). The average molecular weight is 385 g/mol. The van der Waals surface area contributed by atoms with E-state index in [4.69, 9.17) is 26.8 Å². The van der Waals surface area contributed by atoms with Gasteiger partial charge in [0.25, 0.3) is 5.91 Å². The van der Waals surface area contributed by atoms with Gasteiger partial charge in [-0.1, -0.05) is 11.6 Å². The number of primary amides is 1. The quantitative estimate of drug-likeness (QED) is 0.808. The van der Waals surface area contributed by atoms with Gasteiger partial charge in [-0.15, -0.1) is 0 Å². The molecule has 26 heavy (non-hydrogen) atoms. The Morgan fingerprint density at radius 1 is 1.27 bits per heavy atom. The number of nitrogens with one attached hydrogen (secondary N) is 1. The number of rotatable bonds is 5. The van der Waals surface area contributed by atoms with Crippen molar-refractivity contribution in [2.24, 2.45) is 5.73 Å². The van der Waals surface area contributed by atoms with E-state index in [1.807, 2.05) is 0 Å². The van der Waals surface area contributed by atoms with Crippen LogP contribution in [-0.2, 0) is 14.3 Å². The molecule has 1 aromatic rings. The Morgan fingerprint density at radius 3 is 2.54 bits per heavy atom. The molecule has 3 aliphatic carbocycles. The van der Waals surface area contributed by atoms with Gasteiger partial charge in [-0.05, 0) is 37.8 Å². The lowest BCUT2D eigenvalue weighted by Crippen LogP contribution is -2.65. The van der Waals surface area contributed by atoms with Crippen LogP contribution in [-0.4, -0.2) is 35.5 Å². The van der Waals surface area contributed by atoms with Gasteiger partial charge in [0.1, 0.15) is 11.6 Å². The molecule has 3 fully saturated rings. The summed E-state index contributed by atoms with van der Waals surface area (Å²) in [5, 5.41) is 2.80. The number of amides is 2. The van der Waals surface area contributed by atoms with Crippen LogP contribution in [0, 0.1) is 5.82 Å². The second-order valence-electron chi connectivity index (χ2n) is 6.71. The number of nitrogens with two attached hydrogens (primary N) is 1. The molecule has 0 saturated heterocycles. The summed E-state index contributed by atoms with van der Waals surface area (Å²) in [6, 6.07) is 3.88. The number of carbonyl (C=O) groups is 3. The maximum Gasteiger partial charge on any atom is 0.405 e. The fourth-order valence-corrected chi connectivity index (χ4v) is 3.74. The fourth-order valence-electron chi connectivity index (χ4n) is 3.62. The van der Waals surface area contributed by atoms with Gasteiger partial charge in [-0.3, -0.25) is 9.59 Å². The van der Waals surface area contributed by atoms with Crippen LogP contribution < -0.4 is 15.8 Å². The smallest absolute Gasteiger partial charge is 0.405 e. The molecule has 3 aliphatic rings. The largest absolute Gasteiger partial charge is 0.484 e. The highest BCUT2D eigenvalue weighted by Crippen LogP contribution is 2.46. The second-order valence-corrected chi connectivity index (χ2v) is 7.12. The van der Waals surface area contributed by atoms with Crippen molar-refractivity contribution in [1.29, 1.82) is 0 Å². The zero-order chi connectivity index (χ0) is 18.9. The van der Waals surface area contributed by atoms with E-state index < -0.39 is 29.0 Å². The van der Waals surface area contributed by atoms with E-state index in [1.54, 1.807) is 0 Å². The molecular weight excluding hydrogens is 367 g/mol. The third-order valence-corrected chi connectivity index (χ3v) is 5.29. The summed E-state index contributed by atoms with van der Waals surface area (Å²) in [5.41, 5.74) is 3.23. The molecule has 2 amide bonds. The van der Waals surface area contributed by atoms with E-state index in [2.05, 4.69) is 5.32 Å². The minimum absolute atomic E-state index is 0.0368. The van der Waals surface area contributed by atoms with Gasteiger partial charge >= 0.3 is 6.09 Å². The molecule has 140 valence electrons. The van der Waals surface area contributed by atoms with E-state index in [-0.39, 0.29) is 29.6 Å². The Hall–Kier alpha value is -2.35. The summed E-state index contributed by atoms with van der Waals surface area (Å²) < 4.78 is 23.7. The Labute approximate surface area is 154 Å². The van der Waals surface area contributed by atoms with E-state index in [9.17, 15) is 18.8 Å². The van der Waals surface area contributed by atoms with Crippen molar-refractivity contribution in [2.45, 2.75) is 43.2 Å². The first-order valence-electron chi connectivity index (χ1n) is 8.14. The zero-order valence-corrected chi connectivity index (χ0v) is 14.6. The Bertz CT molecular complexity index is 762. The highest BCUT2D eigenvalue weighted by atomic mass is 35.5. The Balaban J connectivity index is 1.57. The number of ether oxygens (including phenoxy) is 2. The minimum atomic E-state index is -1.16. The number of ketones is 1. The summed E-state index contributed by atoms with van der Waals surface area (Å²) in [6.45, 7) is -0.320. The maximum absolute atomic E-state index is 13.4.